The number of aromatic nitrogens is 2. The van der Waals surface area contributed by atoms with Crippen molar-refractivity contribution in [3.8, 4) is 0 Å². The third kappa shape index (κ3) is 4.16. The van der Waals surface area contributed by atoms with Gasteiger partial charge in [0, 0.05) is 32.0 Å². The zero-order valence-corrected chi connectivity index (χ0v) is 16.1. The van der Waals surface area contributed by atoms with Crippen LogP contribution in [0.25, 0.3) is 0 Å². The Kier molecular flexibility index (Phi) is 5.43. The van der Waals surface area contributed by atoms with Crippen molar-refractivity contribution in [2.75, 3.05) is 36.4 Å². The zero-order valence-electron chi connectivity index (χ0n) is 16.1. The summed E-state index contributed by atoms with van der Waals surface area (Å²) in [5.41, 5.74) is 2.06. The molecule has 1 atom stereocenters. The molecular weight excluding hydrogens is 338 g/mol. The fourth-order valence-electron chi connectivity index (χ4n) is 4.33. The second-order valence-corrected chi connectivity index (χ2v) is 7.67. The Morgan fingerprint density at radius 3 is 2.70 bits per heavy atom. The predicted molar refractivity (Wildman–Crippen MR) is 108 cm³/mol. The highest BCUT2D eigenvalue weighted by atomic mass is 16.2. The molecule has 0 bridgehead atoms. The first-order valence-corrected chi connectivity index (χ1v) is 10.1. The summed E-state index contributed by atoms with van der Waals surface area (Å²) in [5, 5.41) is 3.01. The summed E-state index contributed by atoms with van der Waals surface area (Å²) in [6.07, 6.45) is 9.87. The van der Waals surface area contributed by atoms with Crippen molar-refractivity contribution < 1.29 is 4.79 Å². The number of anilines is 2. The van der Waals surface area contributed by atoms with Crippen molar-refractivity contribution in [3.63, 3.8) is 0 Å². The summed E-state index contributed by atoms with van der Waals surface area (Å²) in [5.74, 6) is 1.04. The molecule has 0 aliphatic carbocycles. The summed E-state index contributed by atoms with van der Waals surface area (Å²) in [6.45, 7) is 3.54. The maximum atomic E-state index is 12.6. The number of rotatable bonds is 5. The molecule has 2 aliphatic rings. The fourth-order valence-corrected chi connectivity index (χ4v) is 4.33. The van der Waals surface area contributed by atoms with Crippen LogP contribution in [0.1, 0.15) is 43.8 Å². The van der Waals surface area contributed by atoms with Crippen molar-refractivity contribution in [3.05, 3.63) is 42.4 Å². The lowest BCUT2D eigenvalue weighted by Crippen LogP contribution is -2.33. The Hall–Kier alpha value is -2.34. The maximum absolute atomic E-state index is 12.6. The van der Waals surface area contributed by atoms with Crippen LogP contribution in [0.4, 0.5) is 11.5 Å². The van der Waals surface area contributed by atoms with Crippen molar-refractivity contribution in [2.45, 2.75) is 38.1 Å². The smallest absolute Gasteiger partial charge is 0.238 e. The largest absolute Gasteiger partial charge is 0.357 e. The molecule has 4 heterocycles. The van der Waals surface area contributed by atoms with Gasteiger partial charge in [-0.05, 0) is 62.9 Å². The van der Waals surface area contributed by atoms with Gasteiger partial charge in [-0.2, -0.15) is 0 Å². The number of piperidine rings is 1. The third-order valence-corrected chi connectivity index (χ3v) is 5.75. The number of hydrogen-bond donors (Lipinski definition) is 1. The molecule has 0 spiro atoms. The number of nitrogens with zero attached hydrogens (tertiary/aromatic N) is 4. The van der Waals surface area contributed by atoms with Crippen molar-refractivity contribution in [1.82, 2.24) is 14.5 Å². The standard InChI is InChI=1S/C21H29N5O/c1-24-11-5-7-18(24)19-8-6-14-26(19)16-21(27)23-17-9-10-20(22-15-17)25-12-3-2-4-13-25/h5,7,9-11,15,19H,2-4,6,8,12-14,16H2,1H3,(H,23,27). The molecule has 4 rings (SSSR count). The normalized spacial score (nSPS) is 20.8. The van der Waals surface area contributed by atoms with Gasteiger partial charge < -0.3 is 14.8 Å². The predicted octanol–water partition coefficient (Wildman–Crippen LogP) is 3.19. The van der Waals surface area contributed by atoms with E-state index >= 15 is 0 Å². The number of pyridine rings is 1. The molecule has 2 saturated heterocycles. The Balaban J connectivity index is 1.34. The number of amides is 1. The van der Waals surface area contributed by atoms with E-state index in [1.54, 1.807) is 6.20 Å². The van der Waals surface area contributed by atoms with E-state index < -0.39 is 0 Å². The Morgan fingerprint density at radius 1 is 1.15 bits per heavy atom. The van der Waals surface area contributed by atoms with Crippen LogP contribution in [0.2, 0.25) is 0 Å². The molecule has 27 heavy (non-hydrogen) atoms. The van der Waals surface area contributed by atoms with Crippen LogP contribution in [0.15, 0.2) is 36.7 Å². The van der Waals surface area contributed by atoms with Crippen molar-refractivity contribution >= 4 is 17.4 Å². The van der Waals surface area contributed by atoms with Gasteiger partial charge in [-0.1, -0.05) is 0 Å². The third-order valence-electron chi connectivity index (χ3n) is 5.75. The highest BCUT2D eigenvalue weighted by molar-refractivity contribution is 5.92. The number of nitrogens with one attached hydrogen (secondary N) is 1. The van der Waals surface area contributed by atoms with E-state index in [9.17, 15) is 4.79 Å². The Bertz CT molecular complexity index is 763. The number of likely N-dealkylation sites (tertiary alicyclic amines) is 1. The van der Waals surface area contributed by atoms with Gasteiger partial charge in [0.05, 0.1) is 24.5 Å². The van der Waals surface area contributed by atoms with E-state index in [0.29, 0.717) is 12.6 Å². The second kappa shape index (κ2) is 8.13. The minimum absolute atomic E-state index is 0.0311. The van der Waals surface area contributed by atoms with E-state index in [1.807, 2.05) is 12.1 Å². The first kappa shape index (κ1) is 18.0. The quantitative estimate of drug-likeness (QED) is 0.882. The highest BCUT2D eigenvalue weighted by Gasteiger charge is 2.29. The summed E-state index contributed by atoms with van der Waals surface area (Å²) in [4.78, 5) is 21.7. The molecule has 2 fully saturated rings. The number of hydrogen-bond acceptors (Lipinski definition) is 4. The van der Waals surface area contributed by atoms with Crippen molar-refractivity contribution in [2.24, 2.45) is 7.05 Å². The molecule has 0 radical (unpaired) electrons. The molecule has 2 aromatic rings. The van der Waals surface area contributed by atoms with Gasteiger partial charge in [-0.25, -0.2) is 4.98 Å². The molecule has 2 aromatic heterocycles. The molecule has 1 N–H and O–H groups in total. The van der Waals surface area contributed by atoms with E-state index in [0.717, 1.165) is 44.0 Å². The molecule has 2 aliphatic heterocycles. The average molecular weight is 367 g/mol. The minimum Gasteiger partial charge on any atom is -0.357 e. The Morgan fingerprint density at radius 2 is 2.00 bits per heavy atom. The van der Waals surface area contributed by atoms with Crippen LogP contribution >= 0.6 is 0 Å². The van der Waals surface area contributed by atoms with Gasteiger partial charge in [-0.15, -0.1) is 0 Å². The van der Waals surface area contributed by atoms with Crippen LogP contribution < -0.4 is 10.2 Å². The van der Waals surface area contributed by atoms with E-state index in [2.05, 4.69) is 50.0 Å². The number of aryl methyl sites for hydroxylation is 1. The monoisotopic (exact) mass is 367 g/mol. The van der Waals surface area contributed by atoms with Crippen LogP contribution in [-0.2, 0) is 11.8 Å². The SMILES string of the molecule is Cn1cccc1C1CCCN1CC(=O)Nc1ccc(N2CCCCC2)nc1. The van der Waals surface area contributed by atoms with Crippen LogP contribution in [0, 0.1) is 0 Å². The Labute approximate surface area is 161 Å². The van der Waals surface area contributed by atoms with Crippen LogP contribution in [-0.4, -0.2) is 46.5 Å². The second-order valence-electron chi connectivity index (χ2n) is 7.67. The molecule has 1 unspecified atom stereocenters. The van der Waals surface area contributed by atoms with E-state index in [1.165, 1.54) is 25.0 Å². The first-order valence-electron chi connectivity index (χ1n) is 10.1. The molecule has 6 heteroatoms. The van der Waals surface area contributed by atoms with Crippen molar-refractivity contribution in [1.29, 1.82) is 0 Å². The first-order chi connectivity index (χ1) is 13.2. The van der Waals surface area contributed by atoms with Crippen LogP contribution in [0.5, 0.6) is 0 Å². The van der Waals surface area contributed by atoms with Gasteiger partial charge in [0.25, 0.3) is 0 Å². The summed E-state index contributed by atoms with van der Waals surface area (Å²) >= 11 is 0. The lowest BCUT2D eigenvalue weighted by atomic mass is 10.1. The summed E-state index contributed by atoms with van der Waals surface area (Å²) in [6, 6.07) is 8.54. The molecule has 0 saturated carbocycles. The number of carbonyl (C=O) groups is 1. The fraction of sp³-hybridized carbons (Fsp3) is 0.524. The van der Waals surface area contributed by atoms with Gasteiger partial charge >= 0.3 is 0 Å². The van der Waals surface area contributed by atoms with Crippen LogP contribution in [0.3, 0.4) is 0 Å². The van der Waals surface area contributed by atoms with Gasteiger partial charge in [0.2, 0.25) is 5.91 Å². The average Bonchev–Trinajstić information content (AvgIpc) is 3.31. The minimum atomic E-state index is 0.0311. The molecule has 6 nitrogen and oxygen atoms in total. The van der Waals surface area contributed by atoms with Gasteiger partial charge in [0.15, 0.2) is 0 Å². The lowest BCUT2D eigenvalue weighted by molar-refractivity contribution is -0.117. The van der Waals surface area contributed by atoms with E-state index in [-0.39, 0.29) is 5.91 Å². The highest BCUT2D eigenvalue weighted by Crippen LogP contribution is 2.31. The summed E-state index contributed by atoms with van der Waals surface area (Å²) in [7, 11) is 2.07. The molecular formula is C21H29N5O. The topological polar surface area (TPSA) is 53.4 Å². The van der Waals surface area contributed by atoms with Gasteiger partial charge in [0.1, 0.15) is 5.82 Å². The molecule has 144 valence electrons. The maximum Gasteiger partial charge on any atom is 0.238 e. The van der Waals surface area contributed by atoms with Gasteiger partial charge in [-0.3, -0.25) is 9.69 Å². The lowest BCUT2D eigenvalue weighted by Gasteiger charge is -2.27. The summed E-state index contributed by atoms with van der Waals surface area (Å²) < 4.78 is 2.16. The van der Waals surface area contributed by atoms with E-state index in [4.69, 9.17) is 0 Å². The zero-order chi connectivity index (χ0) is 18.6. The molecule has 0 aromatic carbocycles. The number of carbonyl (C=O) groups excluding carboxylic acids is 1. The molecule has 1 amide bonds.